The van der Waals surface area contributed by atoms with Crippen LogP contribution in [0.3, 0.4) is 0 Å². The van der Waals surface area contributed by atoms with Crippen molar-refractivity contribution in [3.05, 3.63) is 34.9 Å². The third-order valence-corrected chi connectivity index (χ3v) is 9.58. The lowest BCUT2D eigenvalue weighted by Crippen LogP contribution is -2.39. The van der Waals surface area contributed by atoms with Crippen molar-refractivity contribution in [2.75, 3.05) is 0 Å². The molecule has 4 aliphatic carbocycles. The highest BCUT2D eigenvalue weighted by Gasteiger charge is 2.73. The summed E-state index contributed by atoms with van der Waals surface area (Å²) in [4.78, 5) is 0. The monoisotopic (exact) mass is 428 g/mol. The minimum absolute atomic E-state index is 0.345. The van der Waals surface area contributed by atoms with E-state index in [-0.39, 0.29) is 0 Å². The van der Waals surface area contributed by atoms with Gasteiger partial charge in [0.15, 0.2) is 0 Å². The molecule has 0 aromatic rings. The van der Waals surface area contributed by atoms with Gasteiger partial charge in [0.05, 0.1) is 17.8 Å². The molecule has 0 aromatic heterocycles. The molecular weight excluding hydrogens is 384 g/mol. The van der Waals surface area contributed by atoms with Gasteiger partial charge in [0, 0.05) is 11.8 Å². The molecule has 0 radical (unpaired) electrons. The van der Waals surface area contributed by atoms with E-state index < -0.39 is 17.8 Å². The minimum atomic E-state index is -0.554. The molecule has 0 aliphatic heterocycles. The van der Waals surface area contributed by atoms with E-state index in [1.54, 1.807) is 0 Å². The second kappa shape index (κ2) is 8.15. The second-order valence-electron chi connectivity index (χ2n) is 12.2. The molecule has 0 bridgehead atoms. The summed E-state index contributed by atoms with van der Waals surface area (Å²) in [6, 6.07) is 0. The van der Waals surface area contributed by atoms with Crippen molar-refractivity contribution < 1.29 is 15.3 Å². The molecule has 31 heavy (non-hydrogen) atoms. The molecular formula is C28H44O3. The zero-order valence-electron chi connectivity index (χ0n) is 20.3. The van der Waals surface area contributed by atoms with Crippen LogP contribution in [0.25, 0.3) is 0 Å². The highest BCUT2D eigenvalue weighted by atomic mass is 16.3. The summed E-state index contributed by atoms with van der Waals surface area (Å²) in [5.41, 5.74) is 3.82. The van der Waals surface area contributed by atoms with E-state index in [1.165, 1.54) is 31.3 Å². The number of hydrogen-bond donors (Lipinski definition) is 3. The van der Waals surface area contributed by atoms with Crippen LogP contribution in [0.15, 0.2) is 34.9 Å². The van der Waals surface area contributed by atoms with Crippen molar-refractivity contribution in [3.63, 3.8) is 0 Å². The van der Waals surface area contributed by atoms with Crippen LogP contribution < -0.4 is 0 Å². The lowest BCUT2D eigenvalue weighted by atomic mass is 9.58. The number of hydrogen-bond acceptors (Lipinski definition) is 3. The van der Waals surface area contributed by atoms with Crippen LogP contribution in [0.5, 0.6) is 0 Å². The summed E-state index contributed by atoms with van der Waals surface area (Å²) in [5.74, 6) is 2.28. The van der Waals surface area contributed by atoms with Gasteiger partial charge in [-0.2, -0.15) is 0 Å². The van der Waals surface area contributed by atoms with Crippen molar-refractivity contribution in [2.24, 2.45) is 28.6 Å². The average Bonchev–Trinajstić information content (AvgIpc) is 3.32. The predicted molar refractivity (Wildman–Crippen MR) is 126 cm³/mol. The Bertz CT molecular complexity index is 785. The molecule has 7 atom stereocenters. The summed E-state index contributed by atoms with van der Waals surface area (Å²) < 4.78 is 0. The van der Waals surface area contributed by atoms with E-state index in [0.29, 0.717) is 29.6 Å². The number of aliphatic hydroxyl groups excluding tert-OH is 2. The first kappa shape index (κ1) is 23.3. The van der Waals surface area contributed by atoms with Crippen molar-refractivity contribution in [1.29, 1.82) is 0 Å². The fourth-order valence-electron chi connectivity index (χ4n) is 7.68. The summed E-state index contributed by atoms with van der Waals surface area (Å²) in [5, 5.41) is 30.4. The first-order chi connectivity index (χ1) is 14.5. The summed E-state index contributed by atoms with van der Waals surface area (Å²) in [6.07, 6.45) is 15.5. The Hall–Kier alpha value is -0.900. The van der Waals surface area contributed by atoms with Gasteiger partial charge in [-0.15, -0.1) is 0 Å². The Morgan fingerprint density at radius 3 is 2.68 bits per heavy atom. The fourth-order valence-corrected chi connectivity index (χ4v) is 7.68. The van der Waals surface area contributed by atoms with Gasteiger partial charge in [-0.1, -0.05) is 44.9 Å². The van der Waals surface area contributed by atoms with E-state index >= 15 is 0 Å². The Labute approximate surface area is 189 Å². The van der Waals surface area contributed by atoms with Crippen LogP contribution in [-0.2, 0) is 0 Å². The van der Waals surface area contributed by atoms with Gasteiger partial charge in [-0.25, -0.2) is 0 Å². The van der Waals surface area contributed by atoms with Crippen LogP contribution in [-0.4, -0.2) is 33.1 Å². The molecule has 0 saturated heterocycles. The third kappa shape index (κ3) is 4.11. The zero-order valence-corrected chi connectivity index (χ0v) is 20.3. The number of allylic oxidation sites excluding steroid dienone is 4. The summed E-state index contributed by atoms with van der Waals surface area (Å²) >= 11 is 0. The molecule has 2 fully saturated rings. The SMILES string of the molecule is CC1=C(C=CC2=CCC[C@]3(C)[C@@H](C(C)CCCC(C)(C)O)CC4CC243)C[C@@H](O)CC1O. The number of rotatable bonds is 7. The van der Waals surface area contributed by atoms with Crippen LogP contribution in [0.1, 0.15) is 92.4 Å². The van der Waals surface area contributed by atoms with E-state index in [9.17, 15) is 15.3 Å². The molecule has 3 N–H and O–H groups in total. The van der Waals surface area contributed by atoms with Crippen LogP contribution in [0, 0.1) is 28.6 Å². The Morgan fingerprint density at radius 2 is 1.97 bits per heavy atom. The maximum absolute atomic E-state index is 10.2. The molecule has 4 unspecified atom stereocenters. The normalized spacial score (nSPS) is 41.2. The fraction of sp³-hybridized carbons (Fsp3) is 0.786. The highest BCUT2D eigenvalue weighted by Crippen LogP contribution is 2.80. The van der Waals surface area contributed by atoms with Crippen molar-refractivity contribution in [3.8, 4) is 0 Å². The predicted octanol–water partition coefficient (Wildman–Crippen LogP) is 5.70. The maximum atomic E-state index is 10.2. The van der Waals surface area contributed by atoms with Crippen molar-refractivity contribution in [1.82, 2.24) is 0 Å². The molecule has 2 saturated carbocycles. The minimum Gasteiger partial charge on any atom is -0.393 e. The lowest BCUT2D eigenvalue weighted by molar-refractivity contribution is 0.0536. The molecule has 3 heteroatoms. The molecule has 4 rings (SSSR count). The second-order valence-corrected chi connectivity index (χ2v) is 12.2. The van der Waals surface area contributed by atoms with E-state index in [1.807, 2.05) is 20.8 Å². The molecule has 0 aromatic carbocycles. The molecule has 3 nitrogen and oxygen atoms in total. The van der Waals surface area contributed by atoms with Crippen molar-refractivity contribution in [2.45, 2.75) is 110 Å². The van der Waals surface area contributed by atoms with Gasteiger partial charge < -0.3 is 15.3 Å². The van der Waals surface area contributed by atoms with Gasteiger partial charge in [-0.05, 0) is 99.2 Å². The topological polar surface area (TPSA) is 60.7 Å². The Kier molecular flexibility index (Phi) is 6.12. The first-order valence-corrected chi connectivity index (χ1v) is 12.6. The molecule has 174 valence electrons. The maximum Gasteiger partial charge on any atom is 0.0777 e. The van der Waals surface area contributed by atoms with Gasteiger partial charge >= 0.3 is 0 Å². The molecule has 4 aliphatic rings. The Morgan fingerprint density at radius 1 is 1.23 bits per heavy atom. The standard InChI is InChI=1S/C28H44O3/c1-18(8-6-12-26(3,4)31)24-15-22-17-28(22)21(9-7-13-27(24,28)5)11-10-20-14-23(29)16-25(30)19(20)2/h9-11,18,22-25,29-31H,6-8,12-17H2,1-5H3/t18?,22?,23-,24-,25?,27-,28?/m1/s1. The van der Waals surface area contributed by atoms with Crippen LogP contribution in [0.2, 0.25) is 0 Å². The molecule has 0 amide bonds. The van der Waals surface area contributed by atoms with Crippen LogP contribution >= 0.6 is 0 Å². The quantitative estimate of drug-likeness (QED) is 0.487. The lowest BCUT2D eigenvalue weighted by Gasteiger charge is -2.46. The highest BCUT2D eigenvalue weighted by molar-refractivity contribution is 5.45. The largest absolute Gasteiger partial charge is 0.393 e. The van der Waals surface area contributed by atoms with Gasteiger partial charge in [0.2, 0.25) is 0 Å². The molecule has 1 spiro atoms. The summed E-state index contributed by atoms with van der Waals surface area (Å²) in [6.45, 7) is 10.9. The third-order valence-electron chi connectivity index (χ3n) is 9.58. The van der Waals surface area contributed by atoms with Gasteiger partial charge in [-0.3, -0.25) is 0 Å². The first-order valence-electron chi connectivity index (χ1n) is 12.6. The Balaban J connectivity index is 1.49. The van der Waals surface area contributed by atoms with E-state index in [4.69, 9.17) is 0 Å². The zero-order chi connectivity index (χ0) is 22.6. The van der Waals surface area contributed by atoms with Gasteiger partial charge in [0.25, 0.3) is 0 Å². The number of aliphatic hydroxyl groups is 3. The van der Waals surface area contributed by atoms with E-state index in [2.05, 4.69) is 32.1 Å². The van der Waals surface area contributed by atoms with Crippen LogP contribution in [0.4, 0.5) is 0 Å². The summed E-state index contributed by atoms with van der Waals surface area (Å²) in [7, 11) is 0. The smallest absolute Gasteiger partial charge is 0.0777 e. The van der Waals surface area contributed by atoms with Gasteiger partial charge in [0.1, 0.15) is 0 Å². The molecule has 0 heterocycles. The average molecular weight is 429 g/mol. The van der Waals surface area contributed by atoms with E-state index in [0.717, 1.165) is 42.2 Å². The van der Waals surface area contributed by atoms with Crippen molar-refractivity contribution >= 4 is 0 Å².